The molecule has 3 N–H and O–H groups in total. The summed E-state index contributed by atoms with van der Waals surface area (Å²) in [6, 6.07) is 13.7. The van der Waals surface area contributed by atoms with E-state index >= 15 is 0 Å². The predicted octanol–water partition coefficient (Wildman–Crippen LogP) is 2.73. The molecule has 0 bridgehead atoms. The molecule has 2 aromatic rings. The monoisotopic (exact) mass is 368 g/mol. The molecule has 140 valence electrons. The fraction of sp³-hybridized carbons (Fsp3) is 0.250. The molecule has 0 fully saturated rings. The first-order valence-electron chi connectivity index (χ1n) is 8.73. The Kier molecular flexibility index (Phi) is 5.49. The maximum Gasteiger partial charge on any atom is 0.329 e. The van der Waals surface area contributed by atoms with Crippen LogP contribution in [0.1, 0.15) is 37.4 Å². The minimum atomic E-state index is -0.894. The summed E-state index contributed by atoms with van der Waals surface area (Å²) in [4.78, 5) is 24.2. The fourth-order valence-electron chi connectivity index (χ4n) is 3.00. The molecule has 6 nitrogen and oxygen atoms in total. The molecule has 1 aliphatic rings. The highest BCUT2D eigenvalue weighted by atomic mass is 19.1. The number of rotatable bonds is 3. The average molecular weight is 368 g/mol. The van der Waals surface area contributed by atoms with Crippen molar-refractivity contribution in [1.29, 1.82) is 0 Å². The summed E-state index contributed by atoms with van der Waals surface area (Å²) in [7, 11) is 0. The molecule has 7 heteroatoms. The summed E-state index contributed by atoms with van der Waals surface area (Å²) in [6.45, 7) is 3.71. The molecule has 1 aliphatic heterocycles. The number of nitrogens with one attached hydrogen (secondary N) is 3. The number of halogens is 1. The van der Waals surface area contributed by atoms with E-state index < -0.39 is 17.6 Å². The smallest absolute Gasteiger partial charge is 0.329 e. The molecule has 0 saturated carbocycles. The van der Waals surface area contributed by atoms with Gasteiger partial charge in [-0.15, -0.1) is 0 Å². The molecule has 1 unspecified atom stereocenters. The number of hydrogen-bond donors (Lipinski definition) is 3. The number of hydrazone groups is 1. The van der Waals surface area contributed by atoms with E-state index in [1.807, 2.05) is 37.3 Å². The van der Waals surface area contributed by atoms with Crippen LogP contribution in [-0.4, -0.2) is 23.6 Å². The van der Waals surface area contributed by atoms with Crippen LogP contribution in [0.3, 0.4) is 0 Å². The number of benzene rings is 2. The molecule has 2 amide bonds. The van der Waals surface area contributed by atoms with Crippen molar-refractivity contribution < 1.29 is 14.0 Å². The van der Waals surface area contributed by atoms with Gasteiger partial charge in [0, 0.05) is 18.2 Å². The lowest BCUT2D eigenvalue weighted by atomic mass is 9.96. The summed E-state index contributed by atoms with van der Waals surface area (Å²) in [5.74, 6) is -2.12. The van der Waals surface area contributed by atoms with Crippen molar-refractivity contribution in [2.75, 3.05) is 5.32 Å². The third-order valence-corrected chi connectivity index (χ3v) is 4.35. The van der Waals surface area contributed by atoms with Crippen LogP contribution in [-0.2, 0) is 9.59 Å². The zero-order valence-electron chi connectivity index (χ0n) is 15.1. The van der Waals surface area contributed by atoms with E-state index in [4.69, 9.17) is 0 Å². The van der Waals surface area contributed by atoms with Gasteiger partial charge in [-0.2, -0.15) is 5.10 Å². The van der Waals surface area contributed by atoms with Crippen molar-refractivity contribution in [1.82, 2.24) is 10.7 Å². The maximum absolute atomic E-state index is 14.2. The highest BCUT2D eigenvalue weighted by Gasteiger charge is 2.24. The fourth-order valence-corrected chi connectivity index (χ4v) is 3.00. The van der Waals surface area contributed by atoms with Gasteiger partial charge in [0.2, 0.25) is 0 Å². The zero-order valence-corrected chi connectivity index (χ0v) is 15.1. The normalized spacial score (nSPS) is 18.2. The number of carbonyl (C=O) groups is 2. The number of anilines is 1. The van der Waals surface area contributed by atoms with Crippen LogP contribution in [0.15, 0.2) is 53.6 Å². The molecule has 27 heavy (non-hydrogen) atoms. The molecule has 2 aromatic carbocycles. The average Bonchev–Trinajstić information content (AvgIpc) is 2.66. The third kappa shape index (κ3) is 4.31. The number of hydrogen-bond acceptors (Lipinski definition) is 4. The van der Waals surface area contributed by atoms with Crippen LogP contribution in [0, 0.1) is 5.82 Å². The van der Waals surface area contributed by atoms with Gasteiger partial charge in [-0.05, 0) is 31.5 Å². The quantitative estimate of drug-likeness (QED) is 0.575. The van der Waals surface area contributed by atoms with Gasteiger partial charge in [0.15, 0.2) is 0 Å². The van der Waals surface area contributed by atoms with E-state index in [0.29, 0.717) is 23.4 Å². The van der Waals surface area contributed by atoms with E-state index in [9.17, 15) is 14.0 Å². The lowest BCUT2D eigenvalue weighted by Gasteiger charge is -2.25. The van der Waals surface area contributed by atoms with Gasteiger partial charge in [-0.3, -0.25) is 9.59 Å². The van der Waals surface area contributed by atoms with Gasteiger partial charge in [0.1, 0.15) is 5.82 Å². The molecule has 0 saturated heterocycles. The predicted molar refractivity (Wildman–Crippen MR) is 102 cm³/mol. The maximum atomic E-state index is 14.2. The van der Waals surface area contributed by atoms with E-state index in [1.54, 1.807) is 19.1 Å². The van der Waals surface area contributed by atoms with Gasteiger partial charge < -0.3 is 10.6 Å². The molecular formula is C20H21FN4O2. The van der Waals surface area contributed by atoms with Crippen molar-refractivity contribution in [2.24, 2.45) is 5.10 Å². The first kappa shape index (κ1) is 18.6. The zero-order chi connectivity index (χ0) is 19.4. The Labute approximate surface area is 156 Å². The van der Waals surface area contributed by atoms with Crippen molar-refractivity contribution in [3.8, 4) is 0 Å². The van der Waals surface area contributed by atoms with Gasteiger partial charge in [0.25, 0.3) is 0 Å². The van der Waals surface area contributed by atoms with Crippen LogP contribution < -0.4 is 16.1 Å². The summed E-state index contributed by atoms with van der Waals surface area (Å²) in [5, 5.41) is 9.80. The number of fused-ring (bicyclic) bond motifs is 1. The molecule has 3 rings (SSSR count). The summed E-state index contributed by atoms with van der Waals surface area (Å²) in [5.41, 5.74) is 4.45. The van der Waals surface area contributed by atoms with Crippen molar-refractivity contribution in [2.45, 2.75) is 32.4 Å². The van der Waals surface area contributed by atoms with Gasteiger partial charge in [-0.25, -0.2) is 9.82 Å². The van der Waals surface area contributed by atoms with Crippen LogP contribution in [0.25, 0.3) is 0 Å². The lowest BCUT2D eigenvalue weighted by molar-refractivity contribution is -0.139. The Morgan fingerprint density at radius 2 is 1.89 bits per heavy atom. The van der Waals surface area contributed by atoms with Gasteiger partial charge in [-0.1, -0.05) is 36.4 Å². The van der Waals surface area contributed by atoms with E-state index in [1.165, 1.54) is 6.07 Å². The second-order valence-corrected chi connectivity index (χ2v) is 6.52. The number of carbonyl (C=O) groups excluding carboxylic acids is 2. The standard InChI is InChI=1S/C20H21FN4O2/c1-12-11-17(18-15(21)9-6-10-16(18)22-12)24-25-20(27)19(26)23-13(2)14-7-4-3-5-8-14/h3-10,12-13,22H,11H2,1-2H3,(H,23,26)(H,25,27)/t12?,13-/m0/s1. The topological polar surface area (TPSA) is 82.6 Å². The molecule has 0 spiro atoms. The third-order valence-electron chi connectivity index (χ3n) is 4.35. The minimum Gasteiger partial charge on any atom is -0.382 e. The van der Waals surface area contributed by atoms with E-state index in [0.717, 1.165) is 5.56 Å². The van der Waals surface area contributed by atoms with Crippen LogP contribution >= 0.6 is 0 Å². The Morgan fingerprint density at radius 1 is 1.15 bits per heavy atom. The molecule has 0 aliphatic carbocycles. The SMILES string of the molecule is CC1CC(=NNC(=O)C(=O)N[C@@H](C)c2ccccc2)c2c(F)cccc2N1. The summed E-state index contributed by atoms with van der Waals surface area (Å²) in [6.07, 6.45) is 0.427. The first-order chi connectivity index (χ1) is 13.0. The van der Waals surface area contributed by atoms with Crippen LogP contribution in [0.4, 0.5) is 10.1 Å². The second-order valence-electron chi connectivity index (χ2n) is 6.52. The summed E-state index contributed by atoms with van der Waals surface area (Å²) >= 11 is 0. The van der Waals surface area contributed by atoms with Crippen LogP contribution in [0.5, 0.6) is 0 Å². The Balaban J connectivity index is 1.69. The highest BCUT2D eigenvalue weighted by molar-refractivity contribution is 6.35. The summed E-state index contributed by atoms with van der Waals surface area (Å²) < 4.78 is 14.2. The lowest BCUT2D eigenvalue weighted by Crippen LogP contribution is -2.40. The van der Waals surface area contributed by atoms with Crippen molar-refractivity contribution >= 4 is 23.2 Å². The molecule has 2 atom stereocenters. The highest BCUT2D eigenvalue weighted by Crippen LogP contribution is 2.27. The van der Waals surface area contributed by atoms with E-state index in [-0.39, 0.29) is 12.1 Å². The molecule has 1 heterocycles. The Hall–Kier alpha value is -3.22. The van der Waals surface area contributed by atoms with Gasteiger partial charge >= 0.3 is 11.8 Å². The second kappa shape index (κ2) is 7.99. The van der Waals surface area contributed by atoms with Crippen LogP contribution in [0.2, 0.25) is 0 Å². The van der Waals surface area contributed by atoms with E-state index in [2.05, 4.69) is 21.2 Å². The van der Waals surface area contributed by atoms with Crippen molar-refractivity contribution in [3.63, 3.8) is 0 Å². The Morgan fingerprint density at radius 3 is 2.63 bits per heavy atom. The number of nitrogens with zero attached hydrogens (tertiary/aromatic N) is 1. The Bertz CT molecular complexity index is 883. The molecule has 0 aromatic heterocycles. The van der Waals surface area contributed by atoms with Gasteiger partial charge in [0.05, 0.1) is 17.3 Å². The molecule has 0 radical (unpaired) electrons. The number of amides is 2. The molecular weight excluding hydrogens is 347 g/mol. The largest absolute Gasteiger partial charge is 0.382 e. The van der Waals surface area contributed by atoms with Crippen molar-refractivity contribution in [3.05, 3.63) is 65.5 Å². The minimum absolute atomic E-state index is 0.0295. The first-order valence-corrected chi connectivity index (χ1v) is 8.73.